The first-order valence-electron chi connectivity index (χ1n) is 5.73. The summed E-state index contributed by atoms with van der Waals surface area (Å²) >= 11 is 1.27. The van der Waals surface area contributed by atoms with Crippen LogP contribution in [0.4, 0.5) is 0 Å². The summed E-state index contributed by atoms with van der Waals surface area (Å²) in [6.07, 6.45) is 0.850. The van der Waals surface area contributed by atoms with E-state index in [1.807, 2.05) is 0 Å². The van der Waals surface area contributed by atoms with Gasteiger partial charge in [0.15, 0.2) is 0 Å². The van der Waals surface area contributed by atoms with Crippen LogP contribution < -0.4 is 5.32 Å². The highest BCUT2D eigenvalue weighted by Crippen LogP contribution is 2.43. The van der Waals surface area contributed by atoms with Crippen molar-refractivity contribution in [1.29, 1.82) is 5.41 Å². The molecule has 0 aromatic heterocycles. The normalized spacial score (nSPS) is 24.9. The number of β-lactam (4-membered cyclic amide) rings is 1. The average Bonchev–Trinajstić information content (AvgIpc) is 2.39. The number of amides is 2. The Kier molecular flexibility index (Phi) is 4.09. The van der Waals surface area contributed by atoms with Gasteiger partial charge >= 0.3 is 5.97 Å². The van der Waals surface area contributed by atoms with Gasteiger partial charge in [0.2, 0.25) is 5.91 Å². The van der Waals surface area contributed by atoms with Crippen molar-refractivity contribution < 1.29 is 24.2 Å². The number of ether oxygens (including phenoxy) is 1. The van der Waals surface area contributed by atoms with E-state index in [9.17, 15) is 19.5 Å². The summed E-state index contributed by atoms with van der Waals surface area (Å²) < 4.78 is 4.97. The Labute approximate surface area is 118 Å². The van der Waals surface area contributed by atoms with Gasteiger partial charge in [0.25, 0.3) is 5.91 Å². The van der Waals surface area contributed by atoms with Gasteiger partial charge < -0.3 is 20.6 Å². The van der Waals surface area contributed by atoms with Gasteiger partial charge in [-0.15, -0.1) is 11.8 Å². The van der Waals surface area contributed by atoms with E-state index >= 15 is 0 Å². The van der Waals surface area contributed by atoms with Crippen LogP contribution in [0.3, 0.4) is 0 Å². The molecule has 20 heavy (non-hydrogen) atoms. The Morgan fingerprint density at radius 1 is 1.65 bits per heavy atom. The van der Waals surface area contributed by atoms with E-state index in [4.69, 9.17) is 10.1 Å². The third-order valence-corrected chi connectivity index (χ3v) is 4.33. The number of hydrogen-bond acceptors (Lipinski definition) is 6. The van der Waals surface area contributed by atoms with Crippen LogP contribution in [-0.4, -0.2) is 58.5 Å². The third-order valence-electron chi connectivity index (χ3n) is 2.97. The van der Waals surface area contributed by atoms with Gasteiger partial charge in [0.05, 0.1) is 24.6 Å². The van der Waals surface area contributed by atoms with Gasteiger partial charge in [-0.3, -0.25) is 14.5 Å². The molecule has 0 aliphatic carbocycles. The lowest BCUT2D eigenvalue weighted by Gasteiger charge is -2.46. The number of fused-ring (bicyclic) bond motifs is 1. The standard InChI is InChI=1S/C11H13N3O5S/c1-19-4-5-9(11(17)18)14-7(16)2-8(14)20-10(5)13-6(15)3-12/h3,8,10,12H,2,4H2,1H3,(H,13,15)(H,17,18)/t8-,10?/m1/s1. The summed E-state index contributed by atoms with van der Waals surface area (Å²) in [5.41, 5.74) is 0.173. The van der Waals surface area contributed by atoms with E-state index in [-0.39, 0.29) is 30.0 Å². The van der Waals surface area contributed by atoms with Gasteiger partial charge in [0, 0.05) is 12.7 Å². The number of carboxylic acid groups (broad SMARTS) is 1. The van der Waals surface area contributed by atoms with Gasteiger partial charge in [-0.25, -0.2) is 4.79 Å². The van der Waals surface area contributed by atoms with Gasteiger partial charge in [0.1, 0.15) is 11.1 Å². The number of methoxy groups -OCH3 is 1. The first-order chi connectivity index (χ1) is 9.49. The molecule has 0 aromatic carbocycles. The van der Waals surface area contributed by atoms with Crippen LogP contribution in [0.1, 0.15) is 6.42 Å². The molecule has 2 aliphatic heterocycles. The van der Waals surface area contributed by atoms with Crippen molar-refractivity contribution in [3.8, 4) is 0 Å². The molecule has 1 unspecified atom stereocenters. The number of hydrogen-bond donors (Lipinski definition) is 3. The number of carbonyl (C=O) groups is 3. The molecule has 0 aromatic rings. The largest absolute Gasteiger partial charge is 0.477 e. The molecule has 2 rings (SSSR count). The van der Waals surface area contributed by atoms with Crippen LogP contribution in [0.5, 0.6) is 0 Å². The lowest BCUT2D eigenvalue weighted by molar-refractivity contribution is -0.146. The van der Waals surface area contributed by atoms with E-state index in [2.05, 4.69) is 5.32 Å². The molecule has 0 bridgehead atoms. The Hall–Kier alpha value is -1.87. The zero-order valence-corrected chi connectivity index (χ0v) is 11.4. The van der Waals surface area contributed by atoms with Crippen molar-refractivity contribution >= 4 is 35.8 Å². The fourth-order valence-electron chi connectivity index (χ4n) is 2.11. The molecule has 0 saturated carbocycles. The van der Waals surface area contributed by atoms with E-state index < -0.39 is 17.3 Å². The Balaban J connectivity index is 2.39. The zero-order valence-electron chi connectivity index (χ0n) is 10.6. The molecule has 1 saturated heterocycles. The van der Waals surface area contributed by atoms with Crippen molar-refractivity contribution in [2.75, 3.05) is 13.7 Å². The second-order valence-corrected chi connectivity index (χ2v) is 5.49. The first-order valence-corrected chi connectivity index (χ1v) is 6.67. The van der Waals surface area contributed by atoms with E-state index in [1.165, 1.54) is 23.8 Å². The molecular formula is C11H13N3O5S. The monoisotopic (exact) mass is 299 g/mol. The SMILES string of the molecule is COCC1=C(C(=O)O)N2C(=O)C[C@H]2SC1NC(=O)C=N. The van der Waals surface area contributed by atoms with E-state index in [0.29, 0.717) is 11.8 Å². The molecule has 0 spiro atoms. The van der Waals surface area contributed by atoms with Crippen molar-refractivity contribution in [2.24, 2.45) is 0 Å². The third kappa shape index (κ3) is 2.41. The Morgan fingerprint density at radius 3 is 2.85 bits per heavy atom. The predicted molar refractivity (Wildman–Crippen MR) is 70.1 cm³/mol. The molecule has 108 valence electrons. The van der Waals surface area contributed by atoms with E-state index in [1.54, 1.807) is 0 Å². The smallest absolute Gasteiger partial charge is 0.352 e. The van der Waals surface area contributed by atoms with Crippen molar-refractivity contribution in [3.63, 3.8) is 0 Å². The minimum absolute atomic E-state index is 0.0198. The molecule has 8 nitrogen and oxygen atoms in total. The van der Waals surface area contributed by atoms with Crippen molar-refractivity contribution in [3.05, 3.63) is 11.3 Å². The number of aliphatic carboxylic acids is 1. The number of nitrogens with one attached hydrogen (secondary N) is 2. The quantitative estimate of drug-likeness (QED) is 0.459. The van der Waals surface area contributed by atoms with E-state index in [0.717, 1.165) is 0 Å². The molecule has 2 aliphatic rings. The highest BCUT2D eigenvalue weighted by Gasteiger charge is 2.48. The number of rotatable bonds is 5. The Bertz CT molecular complexity index is 518. The minimum atomic E-state index is -1.23. The highest BCUT2D eigenvalue weighted by atomic mass is 32.2. The van der Waals surface area contributed by atoms with Crippen LogP contribution in [0, 0.1) is 5.41 Å². The van der Waals surface area contributed by atoms with Crippen LogP contribution in [0.2, 0.25) is 0 Å². The molecule has 2 atom stereocenters. The number of nitrogens with zero attached hydrogens (tertiary/aromatic N) is 1. The zero-order chi connectivity index (χ0) is 14.9. The lowest BCUT2D eigenvalue weighted by atomic mass is 10.1. The summed E-state index contributed by atoms with van der Waals surface area (Å²) in [7, 11) is 1.40. The maximum atomic E-state index is 11.6. The topological polar surface area (TPSA) is 120 Å². The summed E-state index contributed by atoms with van der Waals surface area (Å²) in [6.45, 7) is -0.0198. The lowest BCUT2D eigenvalue weighted by Crippen LogP contribution is -2.57. The maximum absolute atomic E-state index is 11.6. The van der Waals surface area contributed by atoms with Crippen LogP contribution in [0.15, 0.2) is 11.3 Å². The van der Waals surface area contributed by atoms with Crippen LogP contribution in [-0.2, 0) is 19.1 Å². The summed E-state index contributed by atoms with van der Waals surface area (Å²) in [4.78, 5) is 35.5. The second-order valence-electron chi connectivity index (χ2n) is 4.20. The van der Waals surface area contributed by atoms with Crippen molar-refractivity contribution in [1.82, 2.24) is 10.2 Å². The minimum Gasteiger partial charge on any atom is -0.477 e. The van der Waals surface area contributed by atoms with Crippen LogP contribution in [0.25, 0.3) is 0 Å². The predicted octanol–water partition coefficient (Wildman–Crippen LogP) is -0.631. The summed E-state index contributed by atoms with van der Waals surface area (Å²) in [6, 6.07) is 0. The van der Waals surface area contributed by atoms with Gasteiger partial charge in [-0.2, -0.15) is 0 Å². The average molecular weight is 299 g/mol. The number of carbonyl (C=O) groups excluding carboxylic acids is 2. The Morgan fingerprint density at radius 2 is 2.35 bits per heavy atom. The molecule has 1 fully saturated rings. The summed E-state index contributed by atoms with van der Waals surface area (Å²) in [5, 5.41) is 17.8. The second kappa shape index (κ2) is 5.63. The van der Waals surface area contributed by atoms with Crippen molar-refractivity contribution in [2.45, 2.75) is 17.2 Å². The molecule has 2 heterocycles. The molecular weight excluding hydrogens is 286 g/mol. The molecule has 0 radical (unpaired) electrons. The first kappa shape index (κ1) is 14.5. The number of thioether (sulfide) groups is 1. The fraction of sp³-hybridized carbons (Fsp3) is 0.455. The van der Waals surface area contributed by atoms with Crippen LogP contribution >= 0.6 is 11.8 Å². The maximum Gasteiger partial charge on any atom is 0.352 e. The highest BCUT2D eigenvalue weighted by molar-refractivity contribution is 8.00. The molecule has 9 heteroatoms. The molecule has 2 amide bonds. The van der Waals surface area contributed by atoms with Gasteiger partial charge in [-0.05, 0) is 0 Å². The fourth-order valence-corrected chi connectivity index (χ4v) is 3.54. The van der Waals surface area contributed by atoms with Gasteiger partial charge in [-0.1, -0.05) is 0 Å². The summed E-state index contributed by atoms with van der Waals surface area (Å²) in [5.74, 6) is -2.12. The molecule has 3 N–H and O–H groups in total. The number of carboxylic acids is 1.